The summed E-state index contributed by atoms with van der Waals surface area (Å²) in [6, 6.07) is 6.45. The molecule has 2 fully saturated rings. The highest BCUT2D eigenvalue weighted by molar-refractivity contribution is 5.91. The molecular weight excluding hydrogens is 416 g/mol. The summed E-state index contributed by atoms with van der Waals surface area (Å²) < 4.78 is 5.16. The molecule has 2 aliphatic rings. The van der Waals surface area contributed by atoms with Crippen LogP contribution in [-0.2, 0) is 21.0 Å². The van der Waals surface area contributed by atoms with E-state index in [2.05, 4.69) is 10.2 Å². The molecule has 1 aromatic rings. The Morgan fingerprint density at radius 1 is 1.25 bits per heavy atom. The second-order valence-corrected chi connectivity index (χ2v) is 7.91. The number of carbonyl (C=O) groups excluding carboxylic acids is 3. The van der Waals surface area contributed by atoms with Crippen LogP contribution in [0.5, 0.6) is 5.75 Å². The van der Waals surface area contributed by atoms with E-state index < -0.39 is 12.2 Å². The van der Waals surface area contributed by atoms with E-state index in [1.165, 1.54) is 5.01 Å². The van der Waals surface area contributed by atoms with E-state index in [-0.39, 0.29) is 37.5 Å². The van der Waals surface area contributed by atoms with E-state index in [1.807, 2.05) is 31.2 Å². The number of hydrogen-bond donors (Lipinski definition) is 2. The van der Waals surface area contributed by atoms with Crippen molar-refractivity contribution in [1.82, 2.24) is 25.1 Å². The summed E-state index contributed by atoms with van der Waals surface area (Å²) in [7, 11) is 3.29. The number of nitrogens with one attached hydrogen (secondary N) is 1. The van der Waals surface area contributed by atoms with Crippen molar-refractivity contribution in [3.05, 3.63) is 29.8 Å². The molecule has 2 aliphatic heterocycles. The Labute approximate surface area is 187 Å². The number of piperazine rings is 1. The summed E-state index contributed by atoms with van der Waals surface area (Å²) in [4.78, 5) is 47.0. The molecule has 0 bridgehead atoms. The number of amides is 4. The molecule has 0 aromatic heterocycles. The third-order valence-electron chi connectivity index (χ3n) is 5.79. The van der Waals surface area contributed by atoms with Gasteiger partial charge in [0.1, 0.15) is 18.0 Å². The minimum atomic E-state index is -0.616. The Hall–Kier alpha value is -2.89. The highest BCUT2D eigenvalue weighted by atomic mass is 16.6. The Balaban J connectivity index is 1.79. The molecule has 2 saturated heterocycles. The predicted octanol–water partition coefficient (Wildman–Crippen LogP) is 0.123. The molecular formula is C21H32N6O5. The first-order valence-electron chi connectivity index (χ1n) is 10.7. The van der Waals surface area contributed by atoms with Crippen molar-refractivity contribution in [1.29, 1.82) is 0 Å². The van der Waals surface area contributed by atoms with Crippen molar-refractivity contribution < 1.29 is 24.0 Å². The fraction of sp³-hybridized carbons (Fsp3) is 0.571. The monoisotopic (exact) mass is 448 g/mol. The number of methoxy groups -OCH3 is 1. The molecule has 3 N–H and O–H groups in total. The molecule has 176 valence electrons. The van der Waals surface area contributed by atoms with Crippen LogP contribution in [0.3, 0.4) is 0 Å². The van der Waals surface area contributed by atoms with Gasteiger partial charge in [-0.3, -0.25) is 9.59 Å². The Morgan fingerprint density at radius 3 is 2.59 bits per heavy atom. The van der Waals surface area contributed by atoms with Gasteiger partial charge in [-0.2, -0.15) is 0 Å². The lowest BCUT2D eigenvalue weighted by Gasteiger charge is -2.54. The topological polar surface area (TPSA) is 121 Å². The molecule has 1 aromatic carbocycles. The highest BCUT2D eigenvalue weighted by Crippen LogP contribution is 2.27. The van der Waals surface area contributed by atoms with Gasteiger partial charge in [-0.05, 0) is 24.1 Å². The highest BCUT2D eigenvalue weighted by Gasteiger charge is 2.50. The first kappa shape index (κ1) is 23.8. The van der Waals surface area contributed by atoms with Gasteiger partial charge in [0.15, 0.2) is 0 Å². The SMILES string of the molecule is CCC[C@H]1C(=O)N(CCON)CC2N1C(=O)CN(C)N2C(=O)NCc1ccc(OC)cc1. The molecule has 1 unspecified atom stereocenters. The van der Waals surface area contributed by atoms with Crippen LogP contribution in [-0.4, -0.2) is 90.3 Å². The maximum Gasteiger partial charge on any atom is 0.334 e. The molecule has 0 radical (unpaired) electrons. The van der Waals surface area contributed by atoms with Crippen molar-refractivity contribution >= 4 is 17.8 Å². The number of benzene rings is 1. The molecule has 0 saturated carbocycles. The number of nitrogens with zero attached hydrogens (tertiary/aromatic N) is 4. The molecule has 0 spiro atoms. The number of hydrazine groups is 1. The standard InChI is InChI=1S/C21H32N6O5/c1-4-5-17-20(29)25(10-11-32-22)13-18-26(17)19(28)14-24(2)27(18)21(30)23-12-15-6-8-16(31-3)9-7-15/h6-9,17-18H,4-5,10-14,22H2,1-3H3,(H,23,30)/t17-,18?/m0/s1. The van der Waals surface area contributed by atoms with Gasteiger partial charge in [-0.1, -0.05) is 25.5 Å². The molecule has 2 heterocycles. The number of ether oxygens (including phenoxy) is 1. The van der Waals surface area contributed by atoms with Crippen molar-refractivity contribution in [3.63, 3.8) is 0 Å². The molecule has 4 amide bonds. The molecule has 32 heavy (non-hydrogen) atoms. The lowest BCUT2D eigenvalue weighted by molar-refractivity contribution is -0.188. The number of fused-ring (bicyclic) bond motifs is 1. The quantitative estimate of drug-likeness (QED) is 0.542. The van der Waals surface area contributed by atoms with E-state index in [4.69, 9.17) is 10.6 Å². The van der Waals surface area contributed by atoms with Crippen molar-refractivity contribution in [2.45, 2.75) is 38.5 Å². The predicted molar refractivity (Wildman–Crippen MR) is 116 cm³/mol. The van der Waals surface area contributed by atoms with Crippen LogP contribution in [0.1, 0.15) is 25.3 Å². The van der Waals surface area contributed by atoms with Crippen LogP contribution >= 0.6 is 0 Å². The molecule has 11 heteroatoms. The van der Waals surface area contributed by atoms with E-state index in [1.54, 1.807) is 29.0 Å². The third-order valence-corrected chi connectivity index (χ3v) is 5.79. The van der Waals surface area contributed by atoms with Crippen molar-refractivity contribution in [2.75, 3.05) is 40.4 Å². The summed E-state index contributed by atoms with van der Waals surface area (Å²) >= 11 is 0. The van der Waals surface area contributed by atoms with Gasteiger partial charge in [0.25, 0.3) is 0 Å². The summed E-state index contributed by atoms with van der Waals surface area (Å²) in [5.41, 5.74) is 0.913. The average Bonchev–Trinajstić information content (AvgIpc) is 2.78. The first-order valence-corrected chi connectivity index (χ1v) is 10.7. The van der Waals surface area contributed by atoms with Crippen LogP contribution in [0.15, 0.2) is 24.3 Å². The summed E-state index contributed by atoms with van der Waals surface area (Å²) in [5.74, 6) is 5.58. The largest absolute Gasteiger partial charge is 0.497 e. The van der Waals surface area contributed by atoms with E-state index in [0.29, 0.717) is 19.5 Å². The normalized spacial score (nSPS) is 21.6. The average molecular weight is 449 g/mol. The zero-order valence-electron chi connectivity index (χ0n) is 18.8. The van der Waals surface area contributed by atoms with Crippen molar-refractivity contribution in [3.8, 4) is 5.75 Å². The second kappa shape index (κ2) is 10.6. The minimum absolute atomic E-state index is 0.0197. The smallest absolute Gasteiger partial charge is 0.334 e. The zero-order chi connectivity index (χ0) is 23.3. The van der Waals surface area contributed by atoms with Gasteiger partial charge in [0.05, 0.1) is 26.8 Å². The zero-order valence-corrected chi connectivity index (χ0v) is 18.8. The fourth-order valence-corrected chi connectivity index (χ4v) is 4.22. The van der Waals surface area contributed by atoms with Crippen LogP contribution < -0.4 is 16.0 Å². The van der Waals surface area contributed by atoms with Crippen LogP contribution in [0.2, 0.25) is 0 Å². The lowest BCUT2D eigenvalue weighted by Crippen LogP contribution is -2.76. The van der Waals surface area contributed by atoms with Gasteiger partial charge in [0.2, 0.25) is 11.8 Å². The molecule has 11 nitrogen and oxygen atoms in total. The van der Waals surface area contributed by atoms with Crippen molar-refractivity contribution in [2.24, 2.45) is 5.90 Å². The number of hydrogen-bond acceptors (Lipinski definition) is 7. The molecule has 0 aliphatic carbocycles. The first-order chi connectivity index (χ1) is 15.4. The number of urea groups is 1. The minimum Gasteiger partial charge on any atom is -0.497 e. The van der Waals surface area contributed by atoms with Gasteiger partial charge in [0, 0.05) is 20.1 Å². The van der Waals surface area contributed by atoms with Gasteiger partial charge >= 0.3 is 6.03 Å². The van der Waals surface area contributed by atoms with Crippen LogP contribution in [0.25, 0.3) is 0 Å². The summed E-state index contributed by atoms with van der Waals surface area (Å²) in [5, 5.41) is 6.04. The van der Waals surface area contributed by atoms with Gasteiger partial charge < -0.3 is 24.7 Å². The Bertz CT molecular complexity index is 819. The van der Waals surface area contributed by atoms with E-state index >= 15 is 0 Å². The molecule has 2 atom stereocenters. The van der Waals surface area contributed by atoms with Crippen LogP contribution in [0.4, 0.5) is 4.79 Å². The summed E-state index contributed by atoms with van der Waals surface area (Å²) in [6.45, 7) is 2.95. The Kier molecular flexibility index (Phi) is 7.89. The second-order valence-electron chi connectivity index (χ2n) is 7.91. The number of carbonyl (C=O) groups is 3. The van der Waals surface area contributed by atoms with Gasteiger partial charge in [-0.25, -0.2) is 20.7 Å². The maximum absolute atomic E-state index is 13.2. The number of nitrogens with two attached hydrogens (primary N) is 1. The summed E-state index contributed by atoms with van der Waals surface area (Å²) in [6.07, 6.45) is 0.642. The third kappa shape index (κ3) is 4.95. The maximum atomic E-state index is 13.2. The fourth-order valence-electron chi connectivity index (χ4n) is 4.22. The number of likely N-dealkylation sites (N-methyl/N-ethyl adjacent to an activating group) is 1. The van der Waals surface area contributed by atoms with Crippen LogP contribution in [0, 0.1) is 0 Å². The Morgan fingerprint density at radius 2 is 1.97 bits per heavy atom. The lowest BCUT2D eigenvalue weighted by atomic mass is 10.0. The number of rotatable bonds is 8. The van der Waals surface area contributed by atoms with E-state index in [9.17, 15) is 14.4 Å². The van der Waals surface area contributed by atoms with E-state index in [0.717, 1.165) is 17.7 Å². The van der Waals surface area contributed by atoms with Gasteiger partial charge in [-0.15, -0.1) is 0 Å². The molecule has 3 rings (SSSR count).